The van der Waals surface area contributed by atoms with Gasteiger partial charge in [-0.2, -0.15) is 10.2 Å². The number of hydrogen-bond acceptors (Lipinski definition) is 8. The minimum absolute atomic E-state index is 0.201. The summed E-state index contributed by atoms with van der Waals surface area (Å²) in [4.78, 5) is 22.7. The molecular weight excluding hydrogens is 358 g/mol. The van der Waals surface area contributed by atoms with Crippen LogP contribution in [0.2, 0.25) is 0 Å². The standard InChI is InChI=1S/C16H17N5O2S2/c1-3-4-21-14(22)12(25-16(21)24)9-13-18-11(10-17)15(23-13)20-7-5-19(2)6-8-20/h3,9H,1,4-8H2,2H3/b12-9+. The third kappa shape index (κ3) is 3.61. The predicted molar refractivity (Wildman–Crippen MR) is 101 cm³/mol. The highest BCUT2D eigenvalue weighted by Crippen LogP contribution is 2.33. The van der Waals surface area contributed by atoms with Crippen LogP contribution in [0.3, 0.4) is 0 Å². The summed E-state index contributed by atoms with van der Waals surface area (Å²) < 4.78 is 6.25. The summed E-state index contributed by atoms with van der Waals surface area (Å²) in [5, 5.41) is 9.34. The number of carbonyl (C=O) groups is 1. The van der Waals surface area contributed by atoms with Crippen molar-refractivity contribution in [2.45, 2.75) is 0 Å². The van der Waals surface area contributed by atoms with Crippen molar-refractivity contribution in [3.8, 4) is 6.07 Å². The fraction of sp³-hybridized carbons (Fsp3) is 0.375. The second kappa shape index (κ2) is 7.39. The van der Waals surface area contributed by atoms with Crippen LogP contribution in [-0.4, -0.2) is 64.8 Å². The molecule has 0 N–H and O–H groups in total. The Morgan fingerprint density at radius 3 is 2.80 bits per heavy atom. The van der Waals surface area contributed by atoms with Crippen molar-refractivity contribution >= 4 is 46.2 Å². The van der Waals surface area contributed by atoms with Crippen LogP contribution in [0.15, 0.2) is 22.0 Å². The van der Waals surface area contributed by atoms with Gasteiger partial charge in [-0.1, -0.05) is 30.1 Å². The molecule has 2 aliphatic heterocycles. The van der Waals surface area contributed by atoms with Gasteiger partial charge in [0, 0.05) is 38.8 Å². The quantitative estimate of drug-likeness (QED) is 0.447. The summed E-state index contributed by atoms with van der Waals surface area (Å²) in [6, 6.07) is 2.07. The highest BCUT2D eigenvalue weighted by Gasteiger charge is 2.32. The molecule has 2 fully saturated rings. The molecule has 9 heteroatoms. The lowest BCUT2D eigenvalue weighted by molar-refractivity contribution is -0.121. The summed E-state index contributed by atoms with van der Waals surface area (Å²) in [5.74, 6) is 0.501. The Morgan fingerprint density at radius 2 is 2.16 bits per heavy atom. The highest BCUT2D eigenvalue weighted by atomic mass is 32.2. The Morgan fingerprint density at radius 1 is 1.44 bits per heavy atom. The molecule has 7 nitrogen and oxygen atoms in total. The number of thiocarbonyl (C=S) groups is 1. The zero-order valence-corrected chi connectivity index (χ0v) is 15.4. The molecule has 0 spiro atoms. The maximum Gasteiger partial charge on any atom is 0.266 e. The lowest BCUT2D eigenvalue weighted by Gasteiger charge is -2.31. The van der Waals surface area contributed by atoms with E-state index in [1.807, 2.05) is 4.90 Å². The predicted octanol–water partition coefficient (Wildman–Crippen LogP) is 1.69. The van der Waals surface area contributed by atoms with Crippen LogP contribution in [0.1, 0.15) is 11.6 Å². The molecule has 0 unspecified atom stereocenters. The zero-order valence-electron chi connectivity index (χ0n) is 13.8. The van der Waals surface area contributed by atoms with Crippen LogP contribution in [0.25, 0.3) is 6.08 Å². The van der Waals surface area contributed by atoms with Crippen LogP contribution in [-0.2, 0) is 4.79 Å². The van der Waals surface area contributed by atoms with Gasteiger partial charge in [0.15, 0.2) is 0 Å². The van der Waals surface area contributed by atoms with Gasteiger partial charge < -0.3 is 14.2 Å². The number of carbonyl (C=O) groups excluding carboxylic acids is 1. The number of hydrogen-bond donors (Lipinski definition) is 0. The molecule has 0 aromatic carbocycles. The third-order valence-corrected chi connectivity index (χ3v) is 5.34. The lowest BCUT2D eigenvalue weighted by Crippen LogP contribution is -2.44. The van der Waals surface area contributed by atoms with E-state index in [4.69, 9.17) is 16.6 Å². The van der Waals surface area contributed by atoms with Crippen LogP contribution < -0.4 is 4.90 Å². The second-order valence-electron chi connectivity index (χ2n) is 5.69. The van der Waals surface area contributed by atoms with E-state index in [2.05, 4.69) is 29.6 Å². The minimum Gasteiger partial charge on any atom is -0.420 e. The fourth-order valence-electron chi connectivity index (χ4n) is 2.59. The Labute approximate surface area is 155 Å². The summed E-state index contributed by atoms with van der Waals surface area (Å²) in [7, 11) is 2.06. The van der Waals surface area contributed by atoms with Crippen molar-refractivity contribution in [2.24, 2.45) is 0 Å². The van der Waals surface area contributed by atoms with Crippen LogP contribution in [0.4, 0.5) is 5.88 Å². The van der Waals surface area contributed by atoms with E-state index in [0.717, 1.165) is 26.2 Å². The molecule has 0 aliphatic carbocycles. The van der Waals surface area contributed by atoms with E-state index in [1.54, 1.807) is 12.2 Å². The summed E-state index contributed by atoms with van der Waals surface area (Å²) in [6.07, 6.45) is 3.17. The Kier molecular flexibility index (Phi) is 5.22. The zero-order chi connectivity index (χ0) is 18.0. The second-order valence-corrected chi connectivity index (χ2v) is 7.36. The average Bonchev–Trinajstić information content (AvgIpc) is 3.12. The van der Waals surface area contributed by atoms with Crippen molar-refractivity contribution in [2.75, 3.05) is 44.7 Å². The topological polar surface area (TPSA) is 76.6 Å². The molecule has 1 aromatic heterocycles. The molecule has 1 amide bonds. The Hall–Kier alpha value is -2.15. The third-order valence-electron chi connectivity index (χ3n) is 3.96. The largest absolute Gasteiger partial charge is 0.420 e. The maximum absolute atomic E-state index is 12.4. The maximum atomic E-state index is 12.4. The van der Waals surface area contributed by atoms with Gasteiger partial charge in [0.25, 0.3) is 5.91 Å². The molecule has 2 aliphatic rings. The molecular formula is C16H17N5O2S2. The number of amides is 1. The van der Waals surface area contributed by atoms with Crippen LogP contribution in [0, 0.1) is 11.3 Å². The smallest absolute Gasteiger partial charge is 0.266 e. The molecule has 130 valence electrons. The first kappa shape index (κ1) is 17.7. The van der Waals surface area contributed by atoms with Gasteiger partial charge in [0.05, 0.1) is 4.91 Å². The number of rotatable bonds is 4. The highest BCUT2D eigenvalue weighted by molar-refractivity contribution is 8.26. The minimum atomic E-state index is -0.201. The molecule has 25 heavy (non-hydrogen) atoms. The number of likely N-dealkylation sites (N-methyl/N-ethyl adjacent to an activating group) is 1. The molecule has 3 rings (SSSR count). The van der Waals surface area contributed by atoms with Gasteiger partial charge in [-0.05, 0) is 7.05 Å². The molecule has 3 heterocycles. The van der Waals surface area contributed by atoms with Gasteiger partial charge in [-0.25, -0.2) is 0 Å². The first-order valence-corrected chi connectivity index (χ1v) is 8.96. The number of piperazine rings is 1. The van der Waals surface area contributed by atoms with Gasteiger partial charge in [0.2, 0.25) is 17.5 Å². The van der Waals surface area contributed by atoms with E-state index in [9.17, 15) is 10.1 Å². The Balaban J connectivity index is 1.84. The number of oxazole rings is 1. The van der Waals surface area contributed by atoms with Crippen molar-refractivity contribution in [1.82, 2.24) is 14.8 Å². The average molecular weight is 375 g/mol. The summed E-state index contributed by atoms with van der Waals surface area (Å²) in [6.45, 7) is 7.30. The lowest BCUT2D eigenvalue weighted by atomic mass is 10.3. The number of nitrogens with zero attached hydrogens (tertiary/aromatic N) is 5. The van der Waals surface area contributed by atoms with Gasteiger partial charge in [-0.15, -0.1) is 6.58 Å². The molecule has 2 saturated heterocycles. The first-order valence-electron chi connectivity index (χ1n) is 7.74. The van der Waals surface area contributed by atoms with Crippen molar-refractivity contribution < 1.29 is 9.21 Å². The first-order chi connectivity index (χ1) is 12.0. The summed E-state index contributed by atoms with van der Waals surface area (Å²) >= 11 is 6.40. The van der Waals surface area contributed by atoms with Crippen LogP contribution in [0.5, 0.6) is 0 Å². The van der Waals surface area contributed by atoms with Crippen molar-refractivity contribution in [3.63, 3.8) is 0 Å². The Bertz CT molecular complexity index is 787. The number of anilines is 1. The van der Waals surface area contributed by atoms with E-state index >= 15 is 0 Å². The molecule has 0 saturated carbocycles. The van der Waals surface area contributed by atoms with Crippen molar-refractivity contribution in [3.05, 3.63) is 29.1 Å². The van der Waals surface area contributed by atoms with Gasteiger partial charge in [-0.3, -0.25) is 9.69 Å². The molecule has 0 bridgehead atoms. The molecule has 0 radical (unpaired) electrons. The van der Waals surface area contributed by atoms with Gasteiger partial charge in [0.1, 0.15) is 10.4 Å². The molecule has 0 atom stereocenters. The molecule has 1 aromatic rings. The number of thioether (sulfide) groups is 1. The number of aromatic nitrogens is 1. The van der Waals surface area contributed by atoms with E-state index in [1.165, 1.54) is 16.7 Å². The summed E-state index contributed by atoms with van der Waals surface area (Å²) in [5.41, 5.74) is 0.234. The normalized spacial score (nSPS) is 20.4. The number of nitriles is 1. The van der Waals surface area contributed by atoms with E-state index in [-0.39, 0.29) is 17.5 Å². The van der Waals surface area contributed by atoms with E-state index in [0.29, 0.717) is 21.7 Å². The van der Waals surface area contributed by atoms with Crippen molar-refractivity contribution in [1.29, 1.82) is 5.26 Å². The monoisotopic (exact) mass is 375 g/mol. The fourth-order valence-corrected chi connectivity index (χ4v) is 3.83. The SMILES string of the molecule is C=CCN1C(=O)/C(=C\c2nc(C#N)c(N3CCN(C)CC3)o2)SC1=S. The van der Waals surface area contributed by atoms with Gasteiger partial charge >= 0.3 is 0 Å². The van der Waals surface area contributed by atoms with E-state index < -0.39 is 0 Å². The van der Waals surface area contributed by atoms with Crippen LogP contribution >= 0.6 is 24.0 Å².